The van der Waals surface area contributed by atoms with E-state index in [1.165, 1.54) is 22.6 Å². The Labute approximate surface area is 132 Å². The summed E-state index contributed by atoms with van der Waals surface area (Å²) in [5, 5.41) is 0. The molecule has 22 heavy (non-hydrogen) atoms. The van der Waals surface area contributed by atoms with E-state index in [0.29, 0.717) is 6.61 Å². The molecular formula is C21H19O-. The highest BCUT2D eigenvalue weighted by Crippen LogP contribution is 2.22. The van der Waals surface area contributed by atoms with Crippen molar-refractivity contribution < 1.29 is 4.74 Å². The molecule has 110 valence electrons. The Kier molecular flexibility index (Phi) is 4.45. The van der Waals surface area contributed by atoms with E-state index in [1.54, 1.807) is 0 Å². The zero-order valence-electron chi connectivity index (χ0n) is 12.7. The van der Waals surface area contributed by atoms with Gasteiger partial charge in [-0.05, 0) is 19.1 Å². The molecule has 1 nitrogen and oxygen atoms in total. The maximum absolute atomic E-state index is 5.96. The summed E-state index contributed by atoms with van der Waals surface area (Å²) in [6, 6.07) is 18.5. The number of hydrogen-bond donors (Lipinski definition) is 0. The first-order valence-electron chi connectivity index (χ1n) is 7.48. The zero-order chi connectivity index (χ0) is 15.2. The third-order valence-electron chi connectivity index (χ3n) is 3.59. The number of rotatable bonds is 5. The molecule has 3 rings (SSSR count). The highest BCUT2D eigenvalue weighted by atomic mass is 16.5. The molecule has 1 heteroatoms. The van der Waals surface area contributed by atoms with Gasteiger partial charge in [0.2, 0.25) is 0 Å². The van der Waals surface area contributed by atoms with E-state index in [1.807, 2.05) is 18.2 Å². The van der Waals surface area contributed by atoms with Gasteiger partial charge in [-0.3, -0.25) is 0 Å². The molecule has 1 aliphatic rings. The van der Waals surface area contributed by atoms with Crippen LogP contribution in [-0.4, -0.2) is 6.61 Å². The normalized spacial score (nSPS) is 12.5. The molecule has 0 bridgehead atoms. The topological polar surface area (TPSA) is 9.23 Å². The van der Waals surface area contributed by atoms with Crippen molar-refractivity contribution in [2.24, 2.45) is 0 Å². The highest BCUT2D eigenvalue weighted by molar-refractivity contribution is 5.48. The van der Waals surface area contributed by atoms with Gasteiger partial charge in [-0.1, -0.05) is 59.6 Å². The van der Waals surface area contributed by atoms with E-state index in [-0.39, 0.29) is 0 Å². The van der Waals surface area contributed by atoms with Crippen LogP contribution in [0.15, 0.2) is 90.6 Å². The van der Waals surface area contributed by atoms with Crippen molar-refractivity contribution in [3.63, 3.8) is 0 Å². The molecular weight excluding hydrogens is 268 g/mol. The minimum Gasteiger partial charge on any atom is -0.498 e. The number of ether oxygens (including phenoxy) is 1. The van der Waals surface area contributed by atoms with Gasteiger partial charge in [0.05, 0.1) is 6.61 Å². The molecule has 2 aromatic carbocycles. The van der Waals surface area contributed by atoms with Crippen LogP contribution in [-0.2, 0) is 0 Å². The smallest absolute Gasteiger partial charge is 0.118 e. The molecule has 0 radical (unpaired) electrons. The lowest BCUT2D eigenvalue weighted by atomic mass is 9.97. The van der Waals surface area contributed by atoms with Gasteiger partial charge in [0.25, 0.3) is 0 Å². The number of hydrogen-bond acceptors (Lipinski definition) is 1. The van der Waals surface area contributed by atoms with E-state index in [2.05, 4.69) is 73.7 Å². The second-order valence-corrected chi connectivity index (χ2v) is 5.36. The number of aryl methyl sites for hydroxylation is 1. The van der Waals surface area contributed by atoms with Crippen molar-refractivity contribution in [1.29, 1.82) is 0 Å². The summed E-state index contributed by atoms with van der Waals surface area (Å²) in [5.41, 5.74) is 3.63. The Hall–Kier alpha value is -2.67. The molecule has 0 saturated carbocycles. The molecule has 0 saturated heterocycles. The van der Waals surface area contributed by atoms with Crippen LogP contribution < -0.4 is 4.74 Å². The average molecular weight is 287 g/mol. The van der Waals surface area contributed by atoms with Gasteiger partial charge in [-0.25, -0.2) is 0 Å². The zero-order valence-corrected chi connectivity index (χ0v) is 12.7. The third kappa shape index (κ3) is 3.70. The van der Waals surface area contributed by atoms with Crippen LogP contribution >= 0.6 is 0 Å². The molecule has 1 aliphatic carbocycles. The molecule has 0 heterocycles. The fourth-order valence-electron chi connectivity index (χ4n) is 2.34. The van der Waals surface area contributed by atoms with Crippen LogP contribution in [0, 0.1) is 12.8 Å². The fourth-order valence-corrected chi connectivity index (χ4v) is 2.34. The molecule has 0 amide bonds. The summed E-state index contributed by atoms with van der Waals surface area (Å²) in [5.74, 6) is 2.07. The van der Waals surface area contributed by atoms with Gasteiger partial charge in [0, 0.05) is 0 Å². The summed E-state index contributed by atoms with van der Waals surface area (Å²) < 4.78 is 5.96. The monoisotopic (exact) mass is 287 g/mol. The Morgan fingerprint density at radius 2 is 1.59 bits per heavy atom. The van der Waals surface area contributed by atoms with E-state index >= 15 is 0 Å². The van der Waals surface area contributed by atoms with E-state index < -0.39 is 0 Å². The van der Waals surface area contributed by atoms with Crippen LogP contribution in [0.4, 0.5) is 0 Å². The highest BCUT2D eigenvalue weighted by Gasteiger charge is 2.04. The van der Waals surface area contributed by atoms with E-state index in [9.17, 15) is 0 Å². The molecule has 0 aliphatic heterocycles. The van der Waals surface area contributed by atoms with Gasteiger partial charge in [0.15, 0.2) is 0 Å². The molecule has 0 spiro atoms. The average Bonchev–Trinajstić information content (AvgIpc) is 3.07. The predicted octanol–water partition coefficient (Wildman–Crippen LogP) is 5.05. The largest absolute Gasteiger partial charge is 0.498 e. The number of allylic oxidation sites excluding steroid dienone is 5. The van der Waals surface area contributed by atoms with E-state index in [0.717, 1.165) is 5.75 Å². The summed E-state index contributed by atoms with van der Waals surface area (Å²) in [7, 11) is 0. The first-order valence-corrected chi connectivity index (χ1v) is 7.48. The van der Waals surface area contributed by atoms with Gasteiger partial charge in [-0.2, -0.15) is 0 Å². The Bertz CT molecular complexity index is 676. The Morgan fingerprint density at radius 1 is 0.909 bits per heavy atom. The SMILES string of the molecule is Cc1ccc(OC[C-](C=C2C=CC=C2)c2ccccc2)cc1. The quantitative estimate of drug-likeness (QED) is 0.699. The minimum atomic E-state index is 0.554. The standard InChI is InChI=1S/C21H19O/c1-17-11-13-21(14-12-17)22-16-20(15-18-7-5-6-8-18)19-9-3-2-4-10-19/h2-15H,16H2,1H3/q-1. The lowest BCUT2D eigenvalue weighted by Gasteiger charge is -2.22. The van der Waals surface area contributed by atoms with Crippen molar-refractivity contribution in [2.45, 2.75) is 6.92 Å². The maximum atomic E-state index is 5.96. The predicted molar refractivity (Wildman–Crippen MR) is 91.8 cm³/mol. The lowest BCUT2D eigenvalue weighted by Crippen LogP contribution is -2.09. The van der Waals surface area contributed by atoms with Crippen molar-refractivity contribution in [2.75, 3.05) is 6.61 Å². The summed E-state index contributed by atoms with van der Waals surface area (Å²) in [4.78, 5) is 0. The molecule has 0 fully saturated rings. The van der Waals surface area contributed by atoms with Crippen LogP contribution in [0.1, 0.15) is 11.1 Å². The Balaban J connectivity index is 1.76. The van der Waals surface area contributed by atoms with Gasteiger partial charge >= 0.3 is 0 Å². The molecule has 0 unspecified atom stereocenters. The first kappa shape index (κ1) is 14.3. The number of benzene rings is 2. The van der Waals surface area contributed by atoms with Crippen molar-refractivity contribution in [1.82, 2.24) is 0 Å². The van der Waals surface area contributed by atoms with Crippen LogP contribution in [0.2, 0.25) is 0 Å². The minimum absolute atomic E-state index is 0.554. The van der Waals surface area contributed by atoms with E-state index in [4.69, 9.17) is 4.74 Å². The molecule has 0 aromatic heterocycles. The van der Waals surface area contributed by atoms with Crippen molar-refractivity contribution in [3.05, 3.63) is 108 Å². The summed E-state index contributed by atoms with van der Waals surface area (Å²) >= 11 is 0. The second-order valence-electron chi connectivity index (χ2n) is 5.36. The van der Waals surface area contributed by atoms with Gasteiger partial charge in [0.1, 0.15) is 5.75 Å². The van der Waals surface area contributed by atoms with Gasteiger partial charge < -0.3 is 4.74 Å². The van der Waals surface area contributed by atoms with Crippen LogP contribution in [0.25, 0.3) is 0 Å². The molecule has 0 N–H and O–H groups in total. The Morgan fingerprint density at radius 3 is 2.27 bits per heavy atom. The lowest BCUT2D eigenvalue weighted by molar-refractivity contribution is 0.341. The maximum Gasteiger partial charge on any atom is 0.118 e. The second kappa shape index (κ2) is 6.86. The summed E-state index contributed by atoms with van der Waals surface area (Å²) in [6.07, 6.45) is 10.5. The van der Waals surface area contributed by atoms with Crippen LogP contribution in [0.3, 0.4) is 0 Å². The molecule has 2 aromatic rings. The van der Waals surface area contributed by atoms with Crippen molar-refractivity contribution >= 4 is 0 Å². The van der Waals surface area contributed by atoms with Gasteiger partial charge in [-0.15, -0.1) is 35.9 Å². The summed E-state index contributed by atoms with van der Waals surface area (Å²) in [6.45, 7) is 2.63. The van der Waals surface area contributed by atoms with Crippen molar-refractivity contribution in [3.8, 4) is 5.75 Å². The fraction of sp³-hybridized carbons (Fsp3) is 0.0952. The molecule has 0 atom stereocenters. The third-order valence-corrected chi connectivity index (χ3v) is 3.59. The van der Waals surface area contributed by atoms with Crippen LogP contribution in [0.5, 0.6) is 5.75 Å². The first-order chi connectivity index (χ1) is 10.8.